The Bertz CT molecular complexity index is 446. The van der Waals surface area contributed by atoms with E-state index < -0.39 is 23.3 Å². The van der Waals surface area contributed by atoms with E-state index in [0.29, 0.717) is 6.07 Å². The SMILES string of the molecule is NCCC(=O)c1cc(Br)c(O)c(C(F)(F)F)c1. The zero-order valence-electron chi connectivity index (χ0n) is 8.51. The first-order valence-corrected chi connectivity index (χ1v) is 5.39. The van der Waals surface area contributed by atoms with Crippen LogP contribution in [0.15, 0.2) is 16.6 Å². The molecule has 0 bridgehead atoms. The fraction of sp³-hybridized carbons (Fsp3) is 0.300. The lowest BCUT2D eigenvalue weighted by Crippen LogP contribution is -2.11. The van der Waals surface area contributed by atoms with Gasteiger partial charge in [0, 0.05) is 12.0 Å². The average Bonchev–Trinajstić information content (AvgIpc) is 2.20. The minimum atomic E-state index is -4.72. The third-order valence-corrected chi connectivity index (χ3v) is 2.67. The Morgan fingerprint density at radius 1 is 1.41 bits per heavy atom. The van der Waals surface area contributed by atoms with Crippen LogP contribution in [0.2, 0.25) is 0 Å². The van der Waals surface area contributed by atoms with Gasteiger partial charge in [-0.1, -0.05) is 0 Å². The molecular weight excluding hydrogens is 303 g/mol. The minimum Gasteiger partial charge on any atom is -0.506 e. The molecule has 0 heterocycles. The number of ketones is 1. The summed E-state index contributed by atoms with van der Waals surface area (Å²) in [6.45, 7) is 0.0542. The van der Waals surface area contributed by atoms with E-state index in [1.54, 1.807) is 0 Å². The first-order chi connectivity index (χ1) is 7.77. The summed E-state index contributed by atoms with van der Waals surface area (Å²) < 4.78 is 37.4. The highest BCUT2D eigenvalue weighted by Crippen LogP contribution is 2.40. The number of phenols is 1. The summed E-state index contributed by atoms with van der Waals surface area (Å²) >= 11 is 2.78. The van der Waals surface area contributed by atoms with Crippen molar-refractivity contribution in [2.24, 2.45) is 5.73 Å². The van der Waals surface area contributed by atoms with Gasteiger partial charge < -0.3 is 10.8 Å². The predicted molar refractivity (Wildman–Crippen MR) is 58.8 cm³/mol. The summed E-state index contributed by atoms with van der Waals surface area (Å²) in [4.78, 5) is 11.4. The van der Waals surface area contributed by atoms with E-state index in [1.165, 1.54) is 0 Å². The van der Waals surface area contributed by atoms with Gasteiger partial charge in [0.1, 0.15) is 5.75 Å². The molecule has 7 heteroatoms. The highest BCUT2D eigenvalue weighted by atomic mass is 79.9. The van der Waals surface area contributed by atoms with Crippen LogP contribution in [0.4, 0.5) is 13.2 Å². The summed E-state index contributed by atoms with van der Waals surface area (Å²) in [5.74, 6) is -1.43. The number of rotatable bonds is 3. The van der Waals surface area contributed by atoms with Gasteiger partial charge in [-0.05, 0) is 34.6 Å². The van der Waals surface area contributed by atoms with Crippen molar-refractivity contribution in [2.45, 2.75) is 12.6 Å². The van der Waals surface area contributed by atoms with Crippen LogP contribution in [-0.4, -0.2) is 17.4 Å². The summed E-state index contributed by atoms with van der Waals surface area (Å²) in [7, 11) is 0. The van der Waals surface area contributed by atoms with E-state index in [1.807, 2.05) is 0 Å². The van der Waals surface area contributed by atoms with Gasteiger partial charge >= 0.3 is 6.18 Å². The van der Waals surface area contributed by atoms with E-state index in [4.69, 9.17) is 5.73 Å². The molecule has 3 N–H and O–H groups in total. The zero-order chi connectivity index (χ0) is 13.2. The van der Waals surface area contributed by atoms with Crippen molar-refractivity contribution in [2.75, 3.05) is 6.54 Å². The van der Waals surface area contributed by atoms with Crippen molar-refractivity contribution in [1.29, 1.82) is 0 Å². The van der Waals surface area contributed by atoms with Crippen LogP contribution in [0, 0.1) is 0 Å². The van der Waals surface area contributed by atoms with Crippen LogP contribution in [0.5, 0.6) is 5.75 Å². The van der Waals surface area contributed by atoms with Crippen molar-refractivity contribution in [3.8, 4) is 5.75 Å². The van der Waals surface area contributed by atoms with Gasteiger partial charge in [0.2, 0.25) is 0 Å². The first kappa shape index (κ1) is 14.0. The highest BCUT2D eigenvalue weighted by Gasteiger charge is 2.35. The number of benzene rings is 1. The summed E-state index contributed by atoms with van der Waals surface area (Å²) in [6.07, 6.45) is -4.76. The monoisotopic (exact) mass is 311 g/mol. The molecule has 1 aromatic rings. The number of hydrogen-bond acceptors (Lipinski definition) is 3. The quantitative estimate of drug-likeness (QED) is 0.844. The van der Waals surface area contributed by atoms with Gasteiger partial charge in [-0.15, -0.1) is 0 Å². The number of hydrogen-bond donors (Lipinski definition) is 2. The Labute approximate surface area is 104 Å². The highest BCUT2D eigenvalue weighted by molar-refractivity contribution is 9.10. The number of phenolic OH excluding ortho intramolecular Hbond substituents is 1. The van der Waals surface area contributed by atoms with Crippen molar-refractivity contribution in [1.82, 2.24) is 0 Å². The summed E-state index contributed by atoms with van der Waals surface area (Å²) in [6, 6.07) is 1.76. The molecule has 0 aromatic heterocycles. The second kappa shape index (κ2) is 5.05. The Morgan fingerprint density at radius 2 is 2.00 bits per heavy atom. The third-order valence-electron chi connectivity index (χ3n) is 2.06. The number of Topliss-reactive ketones (excluding diaryl/α,β-unsaturated/α-hetero) is 1. The zero-order valence-corrected chi connectivity index (χ0v) is 10.1. The maximum absolute atomic E-state index is 12.5. The smallest absolute Gasteiger partial charge is 0.420 e. The molecule has 0 unspecified atom stereocenters. The normalized spacial score (nSPS) is 11.6. The van der Waals surface area contributed by atoms with Gasteiger partial charge in [-0.3, -0.25) is 4.79 Å². The number of carbonyl (C=O) groups excluding carboxylic acids is 1. The van der Waals surface area contributed by atoms with Crippen molar-refractivity contribution in [3.63, 3.8) is 0 Å². The standard InChI is InChI=1S/C10H9BrF3NO2/c11-7-4-5(8(16)1-2-15)3-6(9(7)17)10(12,13)14/h3-4,17H,1-2,15H2. The molecule has 94 valence electrons. The molecule has 0 aliphatic carbocycles. The topological polar surface area (TPSA) is 63.3 Å². The molecule has 3 nitrogen and oxygen atoms in total. The third kappa shape index (κ3) is 3.19. The van der Waals surface area contributed by atoms with Crippen molar-refractivity contribution >= 4 is 21.7 Å². The van der Waals surface area contributed by atoms with Gasteiger partial charge in [-0.25, -0.2) is 0 Å². The Morgan fingerprint density at radius 3 is 2.47 bits per heavy atom. The largest absolute Gasteiger partial charge is 0.506 e. The van der Waals surface area contributed by atoms with E-state index in [9.17, 15) is 23.1 Å². The molecule has 0 amide bonds. The molecule has 0 aliphatic rings. The van der Waals surface area contributed by atoms with Crippen LogP contribution in [-0.2, 0) is 6.18 Å². The number of aromatic hydroxyl groups is 1. The van der Waals surface area contributed by atoms with Crippen LogP contribution in [0.25, 0.3) is 0 Å². The molecule has 0 saturated carbocycles. The van der Waals surface area contributed by atoms with Crippen LogP contribution in [0.1, 0.15) is 22.3 Å². The summed E-state index contributed by atoms with van der Waals surface area (Å²) in [5, 5.41) is 9.27. The fourth-order valence-electron chi connectivity index (χ4n) is 1.25. The maximum Gasteiger partial charge on any atom is 0.420 e. The first-order valence-electron chi connectivity index (χ1n) is 4.60. The maximum atomic E-state index is 12.5. The Balaban J connectivity index is 3.29. The molecule has 0 spiro atoms. The van der Waals surface area contributed by atoms with E-state index in [2.05, 4.69) is 15.9 Å². The average molecular weight is 312 g/mol. The lowest BCUT2D eigenvalue weighted by Gasteiger charge is -2.12. The molecule has 0 radical (unpaired) electrons. The number of halogens is 4. The van der Waals surface area contributed by atoms with Crippen molar-refractivity contribution in [3.05, 3.63) is 27.7 Å². The second-order valence-electron chi connectivity index (χ2n) is 3.31. The van der Waals surface area contributed by atoms with E-state index >= 15 is 0 Å². The lowest BCUT2D eigenvalue weighted by molar-refractivity contribution is -0.138. The van der Waals surface area contributed by atoms with Crippen LogP contribution < -0.4 is 5.73 Å². The number of alkyl halides is 3. The summed E-state index contributed by atoms with van der Waals surface area (Å²) in [5.41, 5.74) is 3.78. The van der Waals surface area contributed by atoms with Gasteiger partial charge in [0.15, 0.2) is 5.78 Å². The lowest BCUT2D eigenvalue weighted by atomic mass is 10.0. The molecule has 0 saturated heterocycles. The van der Waals surface area contributed by atoms with Crippen LogP contribution in [0.3, 0.4) is 0 Å². The molecule has 0 atom stereocenters. The Kier molecular flexibility index (Phi) is 4.16. The molecule has 17 heavy (non-hydrogen) atoms. The van der Waals surface area contributed by atoms with E-state index in [0.717, 1.165) is 6.07 Å². The molecule has 0 fully saturated rings. The fourth-order valence-corrected chi connectivity index (χ4v) is 1.71. The molecule has 1 aromatic carbocycles. The molecule has 0 aliphatic heterocycles. The van der Waals surface area contributed by atoms with Gasteiger partial charge in [0.05, 0.1) is 10.0 Å². The predicted octanol–water partition coefficient (Wildman–Crippen LogP) is 2.71. The van der Waals surface area contributed by atoms with Gasteiger partial charge in [-0.2, -0.15) is 13.2 Å². The second-order valence-corrected chi connectivity index (χ2v) is 4.17. The molecule has 1 rings (SSSR count). The number of nitrogens with two attached hydrogens (primary N) is 1. The molecular formula is C10H9BrF3NO2. The van der Waals surface area contributed by atoms with Crippen LogP contribution >= 0.6 is 15.9 Å². The van der Waals surface area contributed by atoms with Gasteiger partial charge in [0.25, 0.3) is 0 Å². The number of carbonyl (C=O) groups is 1. The Hall–Kier alpha value is -1.08. The minimum absolute atomic E-state index is 0.0471. The van der Waals surface area contributed by atoms with E-state index in [-0.39, 0.29) is 23.0 Å². The van der Waals surface area contributed by atoms with Crippen molar-refractivity contribution < 1.29 is 23.1 Å².